The standard InChI is InChI=1S/C11H12N2O3S/c1-2-11(14)13-8-7-9-3-5-10(6-4-9)17(12,15)16/h1,3-6H,7-8H2,(H,13,14)(H2,12,15,16). The van der Waals surface area contributed by atoms with Crippen LogP contribution >= 0.6 is 0 Å². The molecule has 0 saturated heterocycles. The van der Waals surface area contributed by atoms with Crippen molar-refractivity contribution < 1.29 is 13.2 Å². The van der Waals surface area contributed by atoms with E-state index in [4.69, 9.17) is 11.6 Å². The second-order valence-electron chi connectivity index (χ2n) is 3.34. The molecule has 0 saturated carbocycles. The van der Waals surface area contributed by atoms with Crippen molar-refractivity contribution in [3.05, 3.63) is 29.8 Å². The Morgan fingerprint density at radius 3 is 2.41 bits per heavy atom. The topological polar surface area (TPSA) is 89.3 Å². The predicted octanol–water partition coefficient (Wildman–Crippen LogP) is -0.374. The van der Waals surface area contributed by atoms with Crippen molar-refractivity contribution in [1.82, 2.24) is 5.32 Å². The van der Waals surface area contributed by atoms with E-state index in [9.17, 15) is 13.2 Å². The van der Waals surface area contributed by atoms with Gasteiger partial charge < -0.3 is 5.32 Å². The fraction of sp³-hybridized carbons (Fsp3) is 0.182. The van der Waals surface area contributed by atoms with E-state index in [0.29, 0.717) is 13.0 Å². The second-order valence-corrected chi connectivity index (χ2v) is 4.90. The molecule has 0 spiro atoms. The number of carbonyl (C=O) groups is 1. The predicted molar refractivity (Wildman–Crippen MR) is 63.4 cm³/mol. The molecule has 0 bridgehead atoms. The first kappa shape index (κ1) is 13.2. The summed E-state index contributed by atoms with van der Waals surface area (Å²) < 4.78 is 22.0. The van der Waals surface area contributed by atoms with Gasteiger partial charge in [0.25, 0.3) is 5.91 Å². The molecule has 1 amide bonds. The molecule has 0 fully saturated rings. The molecule has 0 heterocycles. The molecule has 17 heavy (non-hydrogen) atoms. The van der Waals surface area contributed by atoms with Crippen LogP contribution in [0, 0.1) is 12.3 Å². The number of hydrogen-bond acceptors (Lipinski definition) is 3. The number of benzene rings is 1. The normalized spacial score (nSPS) is 10.6. The maximum atomic E-state index is 11.0. The lowest BCUT2D eigenvalue weighted by Gasteiger charge is -2.03. The molecule has 1 rings (SSSR count). The van der Waals surface area contributed by atoms with Crippen molar-refractivity contribution in [2.45, 2.75) is 11.3 Å². The van der Waals surface area contributed by atoms with Crippen LogP contribution in [0.5, 0.6) is 0 Å². The summed E-state index contributed by atoms with van der Waals surface area (Å²) in [7, 11) is -3.65. The molecule has 0 aliphatic rings. The van der Waals surface area contributed by atoms with Crippen LogP contribution in [0.25, 0.3) is 0 Å². The van der Waals surface area contributed by atoms with Gasteiger partial charge >= 0.3 is 0 Å². The lowest BCUT2D eigenvalue weighted by atomic mass is 10.1. The van der Waals surface area contributed by atoms with Gasteiger partial charge in [0.05, 0.1) is 4.90 Å². The lowest BCUT2D eigenvalue weighted by Crippen LogP contribution is -2.23. The minimum absolute atomic E-state index is 0.0638. The molecule has 1 aromatic carbocycles. The van der Waals surface area contributed by atoms with Gasteiger partial charge in [-0.15, -0.1) is 6.42 Å². The highest BCUT2D eigenvalue weighted by molar-refractivity contribution is 7.89. The quantitative estimate of drug-likeness (QED) is 0.716. The van der Waals surface area contributed by atoms with Crippen LogP contribution in [0.15, 0.2) is 29.2 Å². The van der Waals surface area contributed by atoms with Gasteiger partial charge in [0.15, 0.2) is 0 Å². The summed E-state index contributed by atoms with van der Waals surface area (Å²) in [6, 6.07) is 6.13. The zero-order chi connectivity index (χ0) is 12.9. The molecule has 1 aromatic rings. The highest BCUT2D eigenvalue weighted by Crippen LogP contribution is 2.08. The number of carbonyl (C=O) groups excluding carboxylic acids is 1. The first-order valence-corrected chi connectivity index (χ1v) is 6.34. The van der Waals surface area contributed by atoms with Crippen molar-refractivity contribution in [1.29, 1.82) is 0 Å². The Hall–Kier alpha value is -1.84. The molecule has 0 aromatic heterocycles. The minimum Gasteiger partial charge on any atom is -0.345 e. The van der Waals surface area contributed by atoms with E-state index in [1.165, 1.54) is 12.1 Å². The van der Waals surface area contributed by atoms with Gasteiger partial charge in [-0.05, 0) is 30.0 Å². The molecule has 0 atom stereocenters. The van der Waals surface area contributed by atoms with Crippen LogP contribution in [0.1, 0.15) is 5.56 Å². The van der Waals surface area contributed by atoms with Crippen LogP contribution in [0.2, 0.25) is 0 Å². The summed E-state index contributed by atoms with van der Waals surface area (Å²) in [6.07, 6.45) is 5.44. The Morgan fingerprint density at radius 2 is 1.94 bits per heavy atom. The van der Waals surface area contributed by atoms with Gasteiger partial charge in [-0.1, -0.05) is 12.1 Å². The monoisotopic (exact) mass is 252 g/mol. The molecule has 3 N–H and O–H groups in total. The number of nitrogens with two attached hydrogens (primary N) is 1. The van der Waals surface area contributed by atoms with E-state index in [2.05, 4.69) is 5.32 Å². The maximum Gasteiger partial charge on any atom is 0.295 e. The van der Waals surface area contributed by atoms with Crippen LogP contribution in [0.3, 0.4) is 0 Å². The van der Waals surface area contributed by atoms with E-state index >= 15 is 0 Å². The van der Waals surface area contributed by atoms with Crippen molar-refractivity contribution in [3.8, 4) is 12.3 Å². The van der Waals surface area contributed by atoms with Crippen molar-refractivity contribution in [2.75, 3.05) is 6.54 Å². The minimum atomic E-state index is -3.65. The number of sulfonamides is 1. The molecule has 0 unspecified atom stereocenters. The molecule has 0 aliphatic heterocycles. The second kappa shape index (κ2) is 5.48. The van der Waals surface area contributed by atoms with Crippen molar-refractivity contribution >= 4 is 15.9 Å². The lowest BCUT2D eigenvalue weighted by molar-refractivity contribution is -0.115. The van der Waals surface area contributed by atoms with Gasteiger partial charge in [-0.2, -0.15) is 0 Å². The van der Waals surface area contributed by atoms with Gasteiger partial charge in [0.1, 0.15) is 0 Å². The Morgan fingerprint density at radius 1 is 1.35 bits per heavy atom. The SMILES string of the molecule is C#CC(=O)NCCc1ccc(S(N)(=O)=O)cc1. The number of rotatable bonds is 4. The van der Waals surface area contributed by atoms with Gasteiger partial charge in [-0.25, -0.2) is 13.6 Å². The molecule has 6 heteroatoms. The summed E-state index contributed by atoms with van der Waals surface area (Å²) in [6.45, 7) is 0.401. The molecule has 0 radical (unpaired) electrons. The first-order chi connectivity index (χ1) is 7.93. The van der Waals surface area contributed by atoms with E-state index in [1.54, 1.807) is 12.1 Å². The van der Waals surface area contributed by atoms with Crippen LogP contribution in [0.4, 0.5) is 0 Å². The number of nitrogens with one attached hydrogen (secondary N) is 1. The van der Waals surface area contributed by atoms with Crippen molar-refractivity contribution in [3.63, 3.8) is 0 Å². The zero-order valence-electron chi connectivity index (χ0n) is 9.01. The molecule has 5 nitrogen and oxygen atoms in total. The Kier molecular flexibility index (Phi) is 4.26. The van der Waals surface area contributed by atoms with E-state index in [-0.39, 0.29) is 4.90 Å². The molecular weight excluding hydrogens is 240 g/mol. The number of primary sulfonamides is 1. The Labute approximate surface area is 100 Å². The molecule has 90 valence electrons. The zero-order valence-corrected chi connectivity index (χ0v) is 9.83. The van der Waals surface area contributed by atoms with E-state index < -0.39 is 15.9 Å². The molecular formula is C11H12N2O3S. The number of amides is 1. The Balaban J connectivity index is 2.58. The summed E-state index contributed by atoms with van der Waals surface area (Å²) in [5, 5.41) is 7.47. The smallest absolute Gasteiger partial charge is 0.295 e. The highest BCUT2D eigenvalue weighted by Gasteiger charge is 2.06. The summed E-state index contributed by atoms with van der Waals surface area (Å²) >= 11 is 0. The van der Waals surface area contributed by atoms with Gasteiger partial charge in [0, 0.05) is 6.54 Å². The summed E-state index contributed by atoms with van der Waals surface area (Å²) in [5.41, 5.74) is 0.884. The van der Waals surface area contributed by atoms with E-state index in [0.717, 1.165) is 5.56 Å². The van der Waals surface area contributed by atoms with Gasteiger partial charge in [-0.3, -0.25) is 4.79 Å². The average Bonchev–Trinajstić information content (AvgIpc) is 2.28. The van der Waals surface area contributed by atoms with Crippen LogP contribution in [-0.2, 0) is 21.2 Å². The average molecular weight is 252 g/mol. The number of terminal acetylenes is 1. The fourth-order valence-corrected chi connectivity index (χ4v) is 1.73. The first-order valence-electron chi connectivity index (χ1n) is 4.79. The third-order valence-electron chi connectivity index (χ3n) is 2.08. The van der Waals surface area contributed by atoms with Gasteiger partial charge in [0.2, 0.25) is 10.0 Å². The van der Waals surface area contributed by atoms with Crippen LogP contribution < -0.4 is 10.5 Å². The largest absolute Gasteiger partial charge is 0.345 e. The summed E-state index contributed by atoms with van der Waals surface area (Å²) in [4.78, 5) is 10.8. The third-order valence-corrected chi connectivity index (χ3v) is 3.01. The number of hydrogen-bond donors (Lipinski definition) is 2. The maximum absolute atomic E-state index is 11.0. The third kappa shape index (κ3) is 4.26. The molecule has 0 aliphatic carbocycles. The highest BCUT2D eigenvalue weighted by atomic mass is 32.2. The van der Waals surface area contributed by atoms with E-state index in [1.807, 2.05) is 5.92 Å². The fourth-order valence-electron chi connectivity index (χ4n) is 1.22. The van der Waals surface area contributed by atoms with Crippen LogP contribution in [-0.4, -0.2) is 20.9 Å². The summed E-state index contributed by atoms with van der Waals surface area (Å²) in [5.74, 6) is 1.47. The Bertz CT molecular complexity index is 541. The van der Waals surface area contributed by atoms with Crippen molar-refractivity contribution in [2.24, 2.45) is 5.14 Å².